The third-order valence-corrected chi connectivity index (χ3v) is 5.87. The molecule has 0 radical (unpaired) electrons. The molecular formula is C21H22N2O6S. The first-order chi connectivity index (χ1) is 14.0. The van der Waals surface area contributed by atoms with Gasteiger partial charge >= 0.3 is 5.97 Å². The van der Waals surface area contributed by atoms with E-state index in [1.807, 2.05) is 13.8 Å². The van der Waals surface area contributed by atoms with Crippen molar-refractivity contribution in [1.82, 2.24) is 0 Å². The van der Waals surface area contributed by atoms with Crippen LogP contribution in [0.4, 0.5) is 5.69 Å². The second kappa shape index (κ2) is 7.92. The second-order valence-electron chi connectivity index (χ2n) is 6.99. The lowest BCUT2D eigenvalue weighted by Crippen LogP contribution is -2.24. The zero-order valence-electron chi connectivity index (χ0n) is 17.0. The Morgan fingerprint density at radius 2 is 1.77 bits per heavy atom. The summed E-state index contributed by atoms with van der Waals surface area (Å²) in [7, 11) is -4.01. The number of rotatable bonds is 4. The molecule has 0 atom stereocenters. The molecule has 0 fully saturated rings. The second-order valence-corrected chi connectivity index (χ2v) is 8.52. The predicted molar refractivity (Wildman–Crippen MR) is 112 cm³/mol. The fraction of sp³-hybridized carbons (Fsp3) is 0.238. The van der Waals surface area contributed by atoms with Gasteiger partial charge in [-0.25, -0.2) is 13.6 Å². The van der Waals surface area contributed by atoms with E-state index in [1.54, 1.807) is 19.1 Å². The maximum absolute atomic E-state index is 12.8. The largest absolute Gasteiger partial charge is 0.488 e. The molecule has 2 aromatic rings. The number of nitrogens with one attached hydrogen (secondary N) is 1. The van der Waals surface area contributed by atoms with E-state index in [9.17, 15) is 18.0 Å². The van der Waals surface area contributed by atoms with Crippen LogP contribution in [0.25, 0.3) is 6.08 Å². The van der Waals surface area contributed by atoms with E-state index in [1.165, 1.54) is 25.1 Å². The molecule has 1 aliphatic rings. The number of anilines is 1. The lowest BCUT2D eigenvalue weighted by atomic mass is 9.94. The number of benzene rings is 2. The van der Waals surface area contributed by atoms with Crippen LogP contribution in [0.5, 0.6) is 11.5 Å². The van der Waals surface area contributed by atoms with Gasteiger partial charge in [-0.2, -0.15) is 0 Å². The minimum atomic E-state index is -4.01. The molecule has 3 N–H and O–H groups in total. The van der Waals surface area contributed by atoms with Crippen LogP contribution in [-0.4, -0.2) is 26.9 Å². The number of hydrogen-bond acceptors (Lipinski definition) is 6. The van der Waals surface area contributed by atoms with Gasteiger partial charge in [0.1, 0.15) is 23.0 Å². The number of carbonyl (C=O) groups excluding carboxylic acids is 2. The Balaban J connectivity index is 2.01. The fourth-order valence-corrected chi connectivity index (χ4v) is 3.98. The molecule has 0 unspecified atom stereocenters. The minimum absolute atomic E-state index is 0.00298. The average Bonchev–Trinajstić information content (AvgIpc) is 2.68. The zero-order valence-corrected chi connectivity index (χ0v) is 17.8. The van der Waals surface area contributed by atoms with Gasteiger partial charge in [-0.05, 0) is 50.1 Å². The van der Waals surface area contributed by atoms with E-state index in [0.717, 1.165) is 11.1 Å². The summed E-state index contributed by atoms with van der Waals surface area (Å²) in [6.07, 6.45) is 1.66. The summed E-state index contributed by atoms with van der Waals surface area (Å²) in [6.45, 7) is 6.79. The molecule has 0 saturated carbocycles. The molecule has 1 heterocycles. The predicted octanol–water partition coefficient (Wildman–Crippen LogP) is 2.60. The highest BCUT2D eigenvalue weighted by atomic mass is 32.2. The van der Waals surface area contributed by atoms with E-state index in [-0.39, 0.29) is 22.8 Å². The maximum atomic E-state index is 12.8. The molecule has 8 nitrogen and oxygen atoms in total. The quantitative estimate of drug-likeness (QED) is 0.567. The maximum Gasteiger partial charge on any atom is 0.308 e. The van der Waals surface area contributed by atoms with E-state index in [4.69, 9.17) is 14.6 Å². The van der Waals surface area contributed by atoms with Crippen molar-refractivity contribution in [3.05, 3.63) is 52.1 Å². The molecule has 0 aromatic heterocycles. The highest BCUT2D eigenvalue weighted by Gasteiger charge is 2.26. The van der Waals surface area contributed by atoms with Gasteiger partial charge in [-0.1, -0.05) is 12.1 Å². The standard InChI is InChI=1S/C21H22N2O6S/c1-11-12(2)20-16(13(3)19(11)29-14(4)24)9-15(10-28-20)21(25)23-17-7-5-6-8-18(17)30(22,26)27/h5-9H,10H2,1-4H3,(H,23,25)(H2,22,26,27). The van der Waals surface area contributed by atoms with Gasteiger partial charge in [0.2, 0.25) is 10.0 Å². The van der Waals surface area contributed by atoms with Gasteiger partial charge in [-0.3, -0.25) is 9.59 Å². The van der Waals surface area contributed by atoms with Crippen LogP contribution in [0, 0.1) is 20.8 Å². The van der Waals surface area contributed by atoms with Crippen molar-refractivity contribution in [3.63, 3.8) is 0 Å². The molecule has 0 aliphatic carbocycles. The number of esters is 1. The lowest BCUT2D eigenvalue weighted by Gasteiger charge is -2.24. The fourth-order valence-electron chi connectivity index (χ4n) is 3.29. The van der Waals surface area contributed by atoms with E-state index < -0.39 is 21.9 Å². The van der Waals surface area contributed by atoms with Crippen molar-refractivity contribution in [2.45, 2.75) is 32.6 Å². The summed E-state index contributed by atoms with van der Waals surface area (Å²) in [6, 6.07) is 5.87. The Morgan fingerprint density at radius 1 is 1.10 bits per heavy atom. The Kier molecular flexibility index (Phi) is 5.69. The van der Waals surface area contributed by atoms with Crippen LogP contribution in [0.3, 0.4) is 0 Å². The zero-order chi connectivity index (χ0) is 22.2. The molecule has 158 valence electrons. The molecule has 1 aliphatic heterocycles. The summed E-state index contributed by atoms with van der Waals surface area (Å²) in [4.78, 5) is 24.1. The van der Waals surface area contributed by atoms with Gasteiger partial charge in [0.15, 0.2) is 0 Å². The average molecular weight is 430 g/mol. The van der Waals surface area contributed by atoms with Crippen LogP contribution in [0.1, 0.15) is 29.2 Å². The van der Waals surface area contributed by atoms with E-state index in [0.29, 0.717) is 22.6 Å². The van der Waals surface area contributed by atoms with Gasteiger partial charge in [0.05, 0.1) is 11.3 Å². The summed E-state index contributed by atoms with van der Waals surface area (Å²) < 4.78 is 34.7. The third-order valence-electron chi connectivity index (χ3n) is 4.90. The van der Waals surface area contributed by atoms with Crippen LogP contribution >= 0.6 is 0 Å². The first-order valence-electron chi connectivity index (χ1n) is 9.09. The van der Waals surface area contributed by atoms with Crippen molar-refractivity contribution in [1.29, 1.82) is 0 Å². The van der Waals surface area contributed by atoms with Gasteiger partial charge in [0, 0.05) is 18.1 Å². The molecule has 0 saturated heterocycles. The molecule has 1 amide bonds. The van der Waals surface area contributed by atoms with Crippen molar-refractivity contribution in [3.8, 4) is 11.5 Å². The Hall–Kier alpha value is -3.17. The smallest absolute Gasteiger partial charge is 0.308 e. The van der Waals surface area contributed by atoms with Gasteiger partial charge in [-0.15, -0.1) is 0 Å². The van der Waals surface area contributed by atoms with Gasteiger partial charge < -0.3 is 14.8 Å². The lowest BCUT2D eigenvalue weighted by molar-refractivity contribution is -0.132. The highest BCUT2D eigenvalue weighted by Crippen LogP contribution is 2.41. The van der Waals surface area contributed by atoms with Crippen LogP contribution in [0.2, 0.25) is 0 Å². The summed E-state index contributed by atoms with van der Waals surface area (Å²) in [5, 5.41) is 7.80. The first kappa shape index (κ1) is 21.5. The van der Waals surface area contributed by atoms with Crippen LogP contribution in [0.15, 0.2) is 34.7 Å². The van der Waals surface area contributed by atoms with Crippen LogP contribution < -0.4 is 19.9 Å². The van der Waals surface area contributed by atoms with E-state index >= 15 is 0 Å². The SMILES string of the molecule is CC(=O)Oc1c(C)c(C)c2c(c1C)C=C(C(=O)Nc1ccccc1S(N)(=O)=O)CO2. The first-order valence-corrected chi connectivity index (χ1v) is 10.6. The number of ether oxygens (including phenoxy) is 2. The van der Waals surface area contributed by atoms with Crippen molar-refractivity contribution in [2.24, 2.45) is 5.14 Å². The summed E-state index contributed by atoms with van der Waals surface area (Å²) in [5.74, 6) is 0.0736. The van der Waals surface area contributed by atoms with E-state index in [2.05, 4.69) is 5.32 Å². The topological polar surface area (TPSA) is 125 Å². The minimum Gasteiger partial charge on any atom is -0.488 e. The number of hydrogen-bond donors (Lipinski definition) is 2. The Morgan fingerprint density at radius 3 is 2.40 bits per heavy atom. The van der Waals surface area contributed by atoms with Crippen molar-refractivity contribution in [2.75, 3.05) is 11.9 Å². The molecule has 0 spiro atoms. The Bertz CT molecular complexity index is 1200. The Labute approximate surface area is 174 Å². The van der Waals surface area contributed by atoms with Crippen molar-refractivity contribution >= 4 is 33.7 Å². The number of para-hydroxylation sites is 1. The molecular weight excluding hydrogens is 408 g/mol. The number of fused-ring (bicyclic) bond motifs is 1. The molecule has 30 heavy (non-hydrogen) atoms. The molecule has 3 rings (SSSR count). The molecule has 0 bridgehead atoms. The summed E-state index contributed by atoms with van der Waals surface area (Å²) >= 11 is 0. The number of nitrogens with two attached hydrogens (primary N) is 1. The number of amides is 1. The number of sulfonamides is 1. The number of carbonyl (C=O) groups is 2. The monoisotopic (exact) mass is 430 g/mol. The van der Waals surface area contributed by atoms with Gasteiger partial charge in [0.25, 0.3) is 5.91 Å². The van der Waals surface area contributed by atoms with Crippen molar-refractivity contribution < 1.29 is 27.5 Å². The highest BCUT2D eigenvalue weighted by molar-refractivity contribution is 7.89. The van der Waals surface area contributed by atoms with Crippen LogP contribution in [-0.2, 0) is 19.6 Å². The summed E-state index contributed by atoms with van der Waals surface area (Å²) in [5.41, 5.74) is 3.25. The third kappa shape index (κ3) is 4.07. The normalized spacial score (nSPS) is 13.0. The molecule has 9 heteroatoms. The molecule has 2 aromatic carbocycles. The number of primary sulfonamides is 1.